The zero-order valence-electron chi connectivity index (χ0n) is 17.9. The molecule has 2 N–H and O–H groups in total. The van der Waals surface area contributed by atoms with E-state index in [4.69, 9.17) is 9.47 Å². The SMILES string of the molecule is COCC(C)NS(=O)(=O)c1ccc(NC(=O)CSCc2ccc(OC)c([N+](=O)[O-])c2)cc1. The molecule has 0 aliphatic rings. The van der Waals surface area contributed by atoms with E-state index in [1.807, 2.05) is 0 Å². The first-order chi connectivity index (χ1) is 15.2. The van der Waals surface area contributed by atoms with Gasteiger partial charge in [-0.05, 0) is 42.8 Å². The second-order valence-electron chi connectivity index (χ2n) is 6.81. The van der Waals surface area contributed by atoms with E-state index in [9.17, 15) is 23.3 Å². The zero-order valence-corrected chi connectivity index (χ0v) is 19.5. The summed E-state index contributed by atoms with van der Waals surface area (Å²) in [5.74, 6) is 0.423. The summed E-state index contributed by atoms with van der Waals surface area (Å²) in [7, 11) is -0.840. The Morgan fingerprint density at radius 3 is 2.47 bits per heavy atom. The predicted octanol–water partition coefficient (Wildman–Crippen LogP) is 2.79. The number of carbonyl (C=O) groups excluding carboxylic acids is 1. The smallest absolute Gasteiger partial charge is 0.311 e. The lowest BCUT2D eigenvalue weighted by atomic mass is 10.2. The highest BCUT2D eigenvalue weighted by Crippen LogP contribution is 2.29. The highest BCUT2D eigenvalue weighted by molar-refractivity contribution is 7.99. The van der Waals surface area contributed by atoms with Gasteiger partial charge in [0.1, 0.15) is 0 Å². The molecule has 1 unspecified atom stereocenters. The van der Waals surface area contributed by atoms with Crippen LogP contribution < -0.4 is 14.8 Å². The second kappa shape index (κ2) is 11.8. The van der Waals surface area contributed by atoms with Gasteiger partial charge in [-0.25, -0.2) is 13.1 Å². The van der Waals surface area contributed by atoms with Crippen molar-refractivity contribution in [3.63, 3.8) is 0 Å². The first kappa shape index (κ1) is 25.6. The molecule has 1 atom stereocenters. The van der Waals surface area contributed by atoms with Crippen molar-refractivity contribution < 1.29 is 27.6 Å². The Morgan fingerprint density at radius 2 is 1.88 bits per heavy atom. The number of carbonyl (C=O) groups is 1. The molecule has 2 rings (SSSR count). The normalized spacial score (nSPS) is 12.2. The number of rotatable bonds is 12. The maximum Gasteiger partial charge on any atom is 0.311 e. The highest BCUT2D eigenvalue weighted by Gasteiger charge is 2.18. The van der Waals surface area contributed by atoms with E-state index in [0.29, 0.717) is 17.0 Å². The Hall–Kier alpha value is -2.67. The first-order valence-electron chi connectivity index (χ1n) is 9.46. The number of nitrogens with one attached hydrogen (secondary N) is 2. The molecule has 32 heavy (non-hydrogen) atoms. The van der Waals surface area contributed by atoms with Crippen LogP contribution in [0.4, 0.5) is 11.4 Å². The Kier molecular flexibility index (Phi) is 9.44. The first-order valence-corrected chi connectivity index (χ1v) is 12.1. The third-order valence-corrected chi connectivity index (χ3v) is 6.77. The van der Waals surface area contributed by atoms with Crippen molar-refractivity contribution in [2.75, 3.05) is 31.9 Å². The summed E-state index contributed by atoms with van der Waals surface area (Å²) in [4.78, 5) is 22.8. The Bertz CT molecular complexity index is 1040. The fraction of sp³-hybridized carbons (Fsp3) is 0.350. The minimum Gasteiger partial charge on any atom is -0.490 e. The maximum atomic E-state index is 12.3. The number of sulfonamides is 1. The van der Waals surface area contributed by atoms with E-state index >= 15 is 0 Å². The molecule has 0 saturated carbocycles. The van der Waals surface area contributed by atoms with E-state index in [2.05, 4.69) is 10.0 Å². The molecule has 10 nitrogen and oxygen atoms in total. The van der Waals surface area contributed by atoms with E-state index in [0.717, 1.165) is 0 Å². The standard InChI is InChI=1S/C20H25N3O7S2/c1-14(11-29-2)22-32(27,28)17-7-5-16(6-8-17)21-20(24)13-31-12-15-4-9-19(30-3)18(10-15)23(25)26/h4-10,14,22H,11-13H2,1-3H3,(H,21,24). The summed E-state index contributed by atoms with van der Waals surface area (Å²) in [6, 6.07) is 10.1. The summed E-state index contributed by atoms with van der Waals surface area (Å²) in [6.07, 6.45) is 0. The van der Waals surface area contributed by atoms with Crippen molar-refractivity contribution in [1.82, 2.24) is 4.72 Å². The molecular weight excluding hydrogens is 458 g/mol. The average Bonchev–Trinajstić information content (AvgIpc) is 2.73. The Labute approximate surface area is 190 Å². The number of nitro groups is 1. The van der Waals surface area contributed by atoms with Gasteiger partial charge in [-0.15, -0.1) is 11.8 Å². The molecule has 0 bridgehead atoms. The van der Waals surface area contributed by atoms with Crippen LogP contribution in [0.25, 0.3) is 0 Å². The third-order valence-electron chi connectivity index (χ3n) is 4.16. The van der Waals surface area contributed by atoms with Gasteiger partial charge in [0.15, 0.2) is 5.75 Å². The van der Waals surface area contributed by atoms with Crippen LogP contribution in [0.2, 0.25) is 0 Å². The molecule has 0 saturated heterocycles. The molecule has 2 aromatic carbocycles. The van der Waals surface area contributed by atoms with Gasteiger partial charge >= 0.3 is 5.69 Å². The molecule has 2 aromatic rings. The number of benzene rings is 2. The van der Waals surface area contributed by atoms with Gasteiger partial charge in [0.05, 0.1) is 29.3 Å². The molecule has 0 fully saturated rings. The van der Waals surface area contributed by atoms with Crippen molar-refractivity contribution in [3.05, 3.63) is 58.1 Å². The highest BCUT2D eigenvalue weighted by atomic mass is 32.2. The molecule has 0 radical (unpaired) electrons. The van der Waals surface area contributed by atoms with Gasteiger partial charge < -0.3 is 14.8 Å². The van der Waals surface area contributed by atoms with E-state index in [1.54, 1.807) is 13.0 Å². The number of nitrogens with zero attached hydrogens (tertiary/aromatic N) is 1. The van der Waals surface area contributed by atoms with Crippen LogP contribution in [0, 0.1) is 10.1 Å². The number of methoxy groups -OCH3 is 2. The predicted molar refractivity (Wildman–Crippen MR) is 123 cm³/mol. The number of amides is 1. The van der Waals surface area contributed by atoms with Gasteiger partial charge in [-0.3, -0.25) is 14.9 Å². The van der Waals surface area contributed by atoms with Crippen LogP contribution in [0.15, 0.2) is 47.4 Å². The van der Waals surface area contributed by atoms with Crippen LogP contribution in [0.1, 0.15) is 12.5 Å². The summed E-state index contributed by atoms with van der Waals surface area (Å²) >= 11 is 1.29. The molecule has 12 heteroatoms. The number of thioether (sulfide) groups is 1. The quantitative estimate of drug-likeness (QED) is 0.347. The maximum absolute atomic E-state index is 12.3. The molecule has 1 amide bonds. The van der Waals surface area contributed by atoms with Gasteiger partial charge in [-0.2, -0.15) is 0 Å². The topological polar surface area (TPSA) is 137 Å². The summed E-state index contributed by atoms with van der Waals surface area (Å²) in [5.41, 5.74) is 1.02. The Balaban J connectivity index is 1.88. The number of hydrogen-bond donors (Lipinski definition) is 2. The number of nitro benzene ring substituents is 1. The third kappa shape index (κ3) is 7.48. The average molecular weight is 484 g/mol. The van der Waals surface area contributed by atoms with Crippen molar-refractivity contribution in [1.29, 1.82) is 0 Å². The Morgan fingerprint density at radius 1 is 1.19 bits per heavy atom. The van der Waals surface area contributed by atoms with Gasteiger partial charge in [0, 0.05) is 30.7 Å². The van der Waals surface area contributed by atoms with Crippen molar-refractivity contribution in [2.24, 2.45) is 0 Å². The molecule has 0 aromatic heterocycles. The summed E-state index contributed by atoms with van der Waals surface area (Å²) in [6.45, 7) is 1.94. The molecule has 0 spiro atoms. The van der Waals surface area contributed by atoms with Crippen LogP contribution in [0.3, 0.4) is 0 Å². The van der Waals surface area contributed by atoms with Gasteiger partial charge in [0.25, 0.3) is 0 Å². The molecule has 0 heterocycles. The van der Waals surface area contributed by atoms with Crippen molar-refractivity contribution in [2.45, 2.75) is 23.6 Å². The fourth-order valence-corrected chi connectivity index (χ4v) is 4.76. The van der Waals surface area contributed by atoms with E-state index in [1.165, 1.54) is 62.4 Å². The largest absolute Gasteiger partial charge is 0.490 e. The van der Waals surface area contributed by atoms with Crippen molar-refractivity contribution in [3.8, 4) is 5.75 Å². The van der Waals surface area contributed by atoms with Crippen LogP contribution in [-0.4, -0.2) is 51.9 Å². The minimum absolute atomic E-state index is 0.0777. The van der Waals surface area contributed by atoms with E-state index in [-0.39, 0.29) is 40.6 Å². The molecule has 0 aliphatic carbocycles. The fourth-order valence-electron chi connectivity index (χ4n) is 2.76. The number of hydrogen-bond acceptors (Lipinski definition) is 8. The van der Waals surface area contributed by atoms with Crippen LogP contribution in [-0.2, 0) is 25.3 Å². The lowest BCUT2D eigenvalue weighted by molar-refractivity contribution is -0.385. The molecule has 0 aliphatic heterocycles. The number of anilines is 1. The molecular formula is C20H25N3O7S2. The van der Waals surface area contributed by atoms with Crippen LogP contribution in [0.5, 0.6) is 5.75 Å². The lowest BCUT2D eigenvalue weighted by Gasteiger charge is -2.13. The van der Waals surface area contributed by atoms with E-state index < -0.39 is 14.9 Å². The number of ether oxygens (including phenoxy) is 2. The molecule has 174 valence electrons. The van der Waals surface area contributed by atoms with Gasteiger partial charge in [0.2, 0.25) is 15.9 Å². The van der Waals surface area contributed by atoms with Crippen LogP contribution >= 0.6 is 11.8 Å². The monoisotopic (exact) mass is 483 g/mol. The van der Waals surface area contributed by atoms with Crippen molar-refractivity contribution >= 4 is 39.1 Å². The second-order valence-corrected chi connectivity index (χ2v) is 9.51. The summed E-state index contributed by atoms with van der Waals surface area (Å²) in [5, 5.41) is 13.8. The zero-order chi connectivity index (χ0) is 23.7. The summed E-state index contributed by atoms with van der Waals surface area (Å²) < 4.78 is 37.0. The van der Waals surface area contributed by atoms with Gasteiger partial charge in [-0.1, -0.05) is 6.07 Å². The lowest BCUT2D eigenvalue weighted by Crippen LogP contribution is -2.35. The minimum atomic E-state index is -3.69.